The summed E-state index contributed by atoms with van der Waals surface area (Å²) in [6, 6.07) is 0. The van der Waals surface area contributed by atoms with Crippen LogP contribution in [0.3, 0.4) is 0 Å². The van der Waals surface area contributed by atoms with Gasteiger partial charge in [-0.05, 0) is 13.0 Å². The molecule has 1 N–H and O–H groups in total. The molecule has 0 saturated carbocycles. The SMILES string of the molecule is C=Cc1nc(C)c(CCO)s1. The summed E-state index contributed by atoms with van der Waals surface area (Å²) in [6.45, 7) is 5.78. The molecule has 1 aromatic heterocycles. The second-order valence-corrected chi connectivity index (χ2v) is 3.35. The first-order valence-corrected chi connectivity index (χ1v) is 4.29. The molecule has 0 bridgehead atoms. The van der Waals surface area contributed by atoms with Gasteiger partial charge in [-0.25, -0.2) is 4.98 Å². The average molecular weight is 169 g/mol. The first-order chi connectivity index (χ1) is 5.27. The highest BCUT2D eigenvalue weighted by atomic mass is 32.1. The fraction of sp³-hybridized carbons (Fsp3) is 0.375. The molecule has 1 aromatic rings. The van der Waals surface area contributed by atoms with E-state index in [-0.39, 0.29) is 6.61 Å². The van der Waals surface area contributed by atoms with Crippen LogP contribution in [0.25, 0.3) is 6.08 Å². The van der Waals surface area contributed by atoms with Crippen LogP contribution in [0, 0.1) is 6.92 Å². The molecule has 0 radical (unpaired) electrons. The first kappa shape index (κ1) is 8.43. The Balaban J connectivity index is 2.87. The van der Waals surface area contributed by atoms with Crippen molar-refractivity contribution in [3.63, 3.8) is 0 Å². The molecule has 60 valence electrons. The van der Waals surface area contributed by atoms with Crippen molar-refractivity contribution in [1.82, 2.24) is 4.98 Å². The molecule has 0 aromatic carbocycles. The summed E-state index contributed by atoms with van der Waals surface area (Å²) in [5.74, 6) is 0. The molecule has 0 fully saturated rings. The molecule has 0 aliphatic carbocycles. The van der Waals surface area contributed by atoms with Crippen molar-refractivity contribution >= 4 is 17.4 Å². The van der Waals surface area contributed by atoms with Gasteiger partial charge in [-0.1, -0.05) is 6.58 Å². The molecule has 1 heterocycles. The summed E-state index contributed by atoms with van der Waals surface area (Å²) >= 11 is 1.59. The third-order valence-corrected chi connectivity index (χ3v) is 2.64. The maximum absolute atomic E-state index is 8.68. The molecule has 0 atom stereocenters. The van der Waals surface area contributed by atoms with Crippen LogP contribution in [0.4, 0.5) is 0 Å². The second kappa shape index (κ2) is 3.64. The van der Waals surface area contributed by atoms with Gasteiger partial charge in [0.25, 0.3) is 0 Å². The Morgan fingerprint density at radius 3 is 2.91 bits per heavy atom. The molecule has 3 heteroatoms. The maximum Gasteiger partial charge on any atom is 0.116 e. The lowest BCUT2D eigenvalue weighted by atomic mass is 10.3. The predicted molar refractivity (Wildman–Crippen MR) is 47.7 cm³/mol. The summed E-state index contributed by atoms with van der Waals surface area (Å²) in [5, 5.41) is 9.62. The fourth-order valence-electron chi connectivity index (χ4n) is 0.871. The maximum atomic E-state index is 8.68. The molecule has 0 saturated heterocycles. The molecule has 0 aliphatic heterocycles. The smallest absolute Gasteiger partial charge is 0.116 e. The van der Waals surface area contributed by atoms with Gasteiger partial charge in [-0.3, -0.25) is 0 Å². The number of aryl methyl sites for hydroxylation is 1. The first-order valence-electron chi connectivity index (χ1n) is 3.47. The van der Waals surface area contributed by atoms with Gasteiger partial charge >= 0.3 is 0 Å². The second-order valence-electron chi connectivity index (χ2n) is 2.24. The zero-order valence-electron chi connectivity index (χ0n) is 6.50. The lowest BCUT2D eigenvalue weighted by Gasteiger charge is -1.90. The van der Waals surface area contributed by atoms with E-state index in [2.05, 4.69) is 11.6 Å². The van der Waals surface area contributed by atoms with Crippen LogP contribution in [-0.2, 0) is 6.42 Å². The van der Waals surface area contributed by atoms with E-state index in [1.807, 2.05) is 6.92 Å². The van der Waals surface area contributed by atoms with E-state index in [0.29, 0.717) is 6.42 Å². The monoisotopic (exact) mass is 169 g/mol. The zero-order valence-corrected chi connectivity index (χ0v) is 7.32. The van der Waals surface area contributed by atoms with Crippen molar-refractivity contribution in [2.24, 2.45) is 0 Å². The van der Waals surface area contributed by atoms with Crippen LogP contribution < -0.4 is 0 Å². The Morgan fingerprint density at radius 2 is 2.45 bits per heavy atom. The summed E-state index contributed by atoms with van der Waals surface area (Å²) in [6.07, 6.45) is 2.44. The number of rotatable bonds is 3. The Morgan fingerprint density at radius 1 is 1.73 bits per heavy atom. The topological polar surface area (TPSA) is 33.1 Å². The summed E-state index contributed by atoms with van der Waals surface area (Å²) in [4.78, 5) is 5.39. The Hall–Kier alpha value is -0.670. The summed E-state index contributed by atoms with van der Waals surface area (Å²) in [7, 11) is 0. The van der Waals surface area contributed by atoms with Crippen molar-refractivity contribution in [2.75, 3.05) is 6.61 Å². The molecule has 0 aliphatic rings. The van der Waals surface area contributed by atoms with E-state index in [1.54, 1.807) is 17.4 Å². The Bertz CT molecular complexity index is 255. The van der Waals surface area contributed by atoms with Gasteiger partial charge in [-0.15, -0.1) is 11.3 Å². The van der Waals surface area contributed by atoms with Crippen molar-refractivity contribution < 1.29 is 5.11 Å². The molecule has 0 spiro atoms. The molecular weight excluding hydrogens is 158 g/mol. The van der Waals surface area contributed by atoms with Gasteiger partial charge in [0, 0.05) is 17.9 Å². The zero-order chi connectivity index (χ0) is 8.27. The third-order valence-electron chi connectivity index (χ3n) is 1.42. The number of hydrogen-bond donors (Lipinski definition) is 1. The van der Waals surface area contributed by atoms with E-state index in [9.17, 15) is 0 Å². The Kier molecular flexibility index (Phi) is 2.79. The molecule has 0 amide bonds. The number of nitrogens with zero attached hydrogens (tertiary/aromatic N) is 1. The highest BCUT2D eigenvalue weighted by Crippen LogP contribution is 2.18. The molecule has 0 unspecified atom stereocenters. The van der Waals surface area contributed by atoms with Gasteiger partial charge in [0.1, 0.15) is 5.01 Å². The lowest BCUT2D eigenvalue weighted by Crippen LogP contribution is -1.88. The number of aromatic nitrogens is 1. The minimum absolute atomic E-state index is 0.194. The van der Waals surface area contributed by atoms with E-state index >= 15 is 0 Å². The van der Waals surface area contributed by atoms with Crippen LogP contribution >= 0.6 is 11.3 Å². The van der Waals surface area contributed by atoms with Crippen molar-refractivity contribution in [3.8, 4) is 0 Å². The van der Waals surface area contributed by atoms with E-state index in [0.717, 1.165) is 15.6 Å². The summed E-state index contributed by atoms with van der Waals surface area (Å²) < 4.78 is 0. The number of thiazole rings is 1. The Labute approximate surface area is 70.2 Å². The van der Waals surface area contributed by atoms with Crippen LogP contribution in [-0.4, -0.2) is 16.7 Å². The van der Waals surface area contributed by atoms with E-state index < -0.39 is 0 Å². The number of aliphatic hydroxyl groups excluding tert-OH is 1. The molecular formula is C8H11NOS. The molecule has 2 nitrogen and oxygen atoms in total. The predicted octanol–water partition coefficient (Wildman–Crippen LogP) is 1.63. The summed E-state index contributed by atoms with van der Waals surface area (Å²) in [5.41, 5.74) is 1.01. The van der Waals surface area contributed by atoms with Crippen LogP contribution in [0.2, 0.25) is 0 Å². The van der Waals surface area contributed by atoms with Crippen molar-refractivity contribution in [3.05, 3.63) is 22.2 Å². The van der Waals surface area contributed by atoms with Crippen LogP contribution in [0.1, 0.15) is 15.6 Å². The lowest BCUT2D eigenvalue weighted by molar-refractivity contribution is 0.300. The quantitative estimate of drug-likeness (QED) is 0.746. The standard InChI is InChI=1S/C8H11NOS/c1-3-8-9-6(2)7(11-8)4-5-10/h3,10H,1,4-5H2,2H3. The van der Waals surface area contributed by atoms with Gasteiger partial charge in [0.05, 0.1) is 5.69 Å². The largest absolute Gasteiger partial charge is 0.396 e. The molecule has 1 rings (SSSR count). The van der Waals surface area contributed by atoms with Crippen LogP contribution in [0.15, 0.2) is 6.58 Å². The third kappa shape index (κ3) is 1.88. The van der Waals surface area contributed by atoms with Crippen molar-refractivity contribution in [1.29, 1.82) is 0 Å². The normalized spacial score (nSPS) is 10.0. The van der Waals surface area contributed by atoms with Crippen LogP contribution in [0.5, 0.6) is 0 Å². The minimum atomic E-state index is 0.194. The average Bonchev–Trinajstić information content (AvgIpc) is 2.33. The van der Waals surface area contributed by atoms with E-state index in [1.165, 1.54) is 0 Å². The highest BCUT2D eigenvalue weighted by molar-refractivity contribution is 7.12. The van der Waals surface area contributed by atoms with Gasteiger partial charge in [0.2, 0.25) is 0 Å². The fourth-order valence-corrected chi connectivity index (χ4v) is 1.78. The van der Waals surface area contributed by atoms with Gasteiger partial charge < -0.3 is 5.11 Å². The number of hydrogen-bond acceptors (Lipinski definition) is 3. The van der Waals surface area contributed by atoms with Gasteiger partial charge in [-0.2, -0.15) is 0 Å². The van der Waals surface area contributed by atoms with Gasteiger partial charge in [0.15, 0.2) is 0 Å². The number of aliphatic hydroxyl groups is 1. The highest BCUT2D eigenvalue weighted by Gasteiger charge is 2.03. The minimum Gasteiger partial charge on any atom is -0.396 e. The van der Waals surface area contributed by atoms with E-state index in [4.69, 9.17) is 5.11 Å². The molecule has 11 heavy (non-hydrogen) atoms. The van der Waals surface area contributed by atoms with Crippen molar-refractivity contribution in [2.45, 2.75) is 13.3 Å².